The van der Waals surface area contributed by atoms with Gasteiger partial charge in [0.25, 0.3) is 11.7 Å². The lowest BCUT2D eigenvalue weighted by atomic mass is 9.94. The summed E-state index contributed by atoms with van der Waals surface area (Å²) in [6.07, 6.45) is 1.91. The fraction of sp³-hybridized carbons (Fsp3) is 0.200. The molecule has 1 fully saturated rings. The van der Waals surface area contributed by atoms with Crippen molar-refractivity contribution < 1.29 is 24.2 Å². The third-order valence-electron chi connectivity index (χ3n) is 6.82. The third kappa shape index (κ3) is 3.83. The predicted octanol–water partition coefficient (Wildman–Crippen LogP) is 5.44. The van der Waals surface area contributed by atoms with E-state index in [2.05, 4.69) is 0 Å². The Hall–Kier alpha value is -4.52. The molecule has 0 saturated carbocycles. The Labute approximate surface area is 215 Å². The Morgan fingerprint density at radius 2 is 1.51 bits per heavy atom. The summed E-state index contributed by atoms with van der Waals surface area (Å²) >= 11 is 0. The Morgan fingerprint density at radius 1 is 0.892 bits per heavy atom. The maximum Gasteiger partial charge on any atom is 0.300 e. The van der Waals surface area contributed by atoms with Crippen molar-refractivity contribution in [2.75, 3.05) is 19.1 Å². The normalized spacial score (nSPS) is 17.0. The highest BCUT2D eigenvalue weighted by Crippen LogP contribution is 2.47. The molecule has 1 aliphatic rings. The molecule has 1 saturated heterocycles. The molecule has 5 rings (SSSR count). The maximum absolute atomic E-state index is 13.7. The molecular formula is C30H28N2O5. The minimum absolute atomic E-state index is 0.0247. The van der Waals surface area contributed by atoms with Gasteiger partial charge in [0.05, 0.1) is 25.8 Å². The average Bonchev–Trinajstić information content (AvgIpc) is 3.35. The van der Waals surface area contributed by atoms with Crippen LogP contribution in [0.3, 0.4) is 0 Å². The van der Waals surface area contributed by atoms with Crippen LogP contribution in [0.2, 0.25) is 0 Å². The summed E-state index contributed by atoms with van der Waals surface area (Å²) in [7, 11) is 4.86. The van der Waals surface area contributed by atoms with Crippen LogP contribution >= 0.6 is 0 Å². The number of hydrogen-bond donors (Lipinski definition) is 1. The number of rotatable bonds is 5. The molecule has 1 amide bonds. The van der Waals surface area contributed by atoms with Gasteiger partial charge in [-0.15, -0.1) is 0 Å². The number of carbonyl (C=O) groups is 2. The molecule has 0 bridgehead atoms. The Morgan fingerprint density at radius 3 is 2.14 bits per heavy atom. The maximum atomic E-state index is 13.7. The van der Waals surface area contributed by atoms with E-state index in [0.29, 0.717) is 17.2 Å². The van der Waals surface area contributed by atoms with Crippen LogP contribution in [0.4, 0.5) is 5.69 Å². The van der Waals surface area contributed by atoms with E-state index >= 15 is 0 Å². The summed E-state index contributed by atoms with van der Waals surface area (Å²) in [5.74, 6) is -1.18. The highest BCUT2D eigenvalue weighted by atomic mass is 16.5. The Bertz CT molecular complexity index is 1550. The number of nitrogens with zero attached hydrogens (tertiary/aromatic N) is 2. The van der Waals surface area contributed by atoms with Crippen molar-refractivity contribution in [1.29, 1.82) is 0 Å². The number of carbonyl (C=O) groups excluding carboxylic acids is 2. The van der Waals surface area contributed by atoms with Crippen LogP contribution in [-0.4, -0.2) is 35.6 Å². The number of anilines is 1. The van der Waals surface area contributed by atoms with Crippen molar-refractivity contribution in [3.63, 3.8) is 0 Å². The molecule has 2 heterocycles. The fourth-order valence-electron chi connectivity index (χ4n) is 5.29. The van der Waals surface area contributed by atoms with Crippen molar-refractivity contribution in [2.24, 2.45) is 7.05 Å². The second kappa shape index (κ2) is 9.17. The molecule has 3 aromatic carbocycles. The number of hydrogen-bond acceptors (Lipinski definition) is 5. The second-order valence-electron chi connectivity index (χ2n) is 9.27. The van der Waals surface area contributed by atoms with Gasteiger partial charge in [-0.1, -0.05) is 30.3 Å². The van der Waals surface area contributed by atoms with E-state index in [9.17, 15) is 14.7 Å². The van der Waals surface area contributed by atoms with Crippen LogP contribution in [0, 0.1) is 13.8 Å². The first-order valence-corrected chi connectivity index (χ1v) is 11.9. The van der Waals surface area contributed by atoms with Crippen molar-refractivity contribution >= 4 is 34.0 Å². The number of methoxy groups -OCH3 is 2. The monoisotopic (exact) mass is 496 g/mol. The highest BCUT2D eigenvalue weighted by Gasteiger charge is 2.48. The topological polar surface area (TPSA) is 81.0 Å². The van der Waals surface area contributed by atoms with Crippen LogP contribution in [0.15, 0.2) is 72.4 Å². The molecule has 7 nitrogen and oxygen atoms in total. The number of Topliss-reactive ketones (excluding diaryl/α,β-unsaturated/α-hetero) is 1. The number of ether oxygens (including phenoxy) is 2. The molecule has 1 atom stereocenters. The first-order valence-electron chi connectivity index (χ1n) is 11.9. The van der Waals surface area contributed by atoms with Crippen molar-refractivity contribution in [1.82, 2.24) is 4.57 Å². The first-order chi connectivity index (χ1) is 17.8. The van der Waals surface area contributed by atoms with Gasteiger partial charge in [0.15, 0.2) is 0 Å². The molecule has 0 radical (unpaired) electrons. The molecule has 1 aromatic heterocycles. The number of aromatic nitrogens is 1. The average molecular weight is 497 g/mol. The summed E-state index contributed by atoms with van der Waals surface area (Å²) < 4.78 is 13.0. The SMILES string of the molecule is COc1cccc(OC)c1/C(O)=C1\C(=O)C(=O)N(c2cc(C)cc(C)c2)C1c1cn(C)c2ccccc12. The van der Waals surface area contributed by atoms with Gasteiger partial charge in [0.1, 0.15) is 22.8 Å². The molecule has 1 N–H and O–H groups in total. The van der Waals surface area contributed by atoms with E-state index in [1.807, 2.05) is 74.1 Å². The zero-order valence-electron chi connectivity index (χ0n) is 21.4. The van der Waals surface area contributed by atoms with E-state index in [0.717, 1.165) is 27.6 Å². The van der Waals surface area contributed by atoms with Crippen LogP contribution < -0.4 is 14.4 Å². The number of aliphatic hydroxyl groups is 1. The quantitative estimate of drug-likeness (QED) is 0.226. The van der Waals surface area contributed by atoms with Gasteiger partial charge in [-0.2, -0.15) is 0 Å². The van der Waals surface area contributed by atoms with Gasteiger partial charge < -0.3 is 19.1 Å². The lowest BCUT2D eigenvalue weighted by Crippen LogP contribution is -2.29. The van der Waals surface area contributed by atoms with Crippen molar-refractivity contribution in [3.05, 3.63) is 94.7 Å². The van der Waals surface area contributed by atoms with E-state index in [1.165, 1.54) is 19.1 Å². The number of amides is 1. The number of aryl methyl sites for hydroxylation is 3. The lowest BCUT2D eigenvalue weighted by molar-refractivity contribution is -0.132. The van der Waals surface area contributed by atoms with Crippen molar-refractivity contribution in [2.45, 2.75) is 19.9 Å². The number of para-hydroxylation sites is 1. The summed E-state index contributed by atoms with van der Waals surface area (Å²) in [6, 6.07) is 17.7. The van der Waals surface area contributed by atoms with E-state index in [4.69, 9.17) is 9.47 Å². The molecule has 0 spiro atoms. The van der Waals surface area contributed by atoms with Gasteiger partial charge in [-0.05, 0) is 55.3 Å². The Balaban J connectivity index is 1.86. The first kappa shape index (κ1) is 24.2. The summed E-state index contributed by atoms with van der Waals surface area (Å²) in [6.45, 7) is 3.89. The molecule has 0 aliphatic carbocycles. The van der Waals surface area contributed by atoms with Crippen LogP contribution in [0.5, 0.6) is 11.5 Å². The van der Waals surface area contributed by atoms with Gasteiger partial charge in [0.2, 0.25) is 0 Å². The lowest BCUT2D eigenvalue weighted by Gasteiger charge is -2.26. The van der Waals surface area contributed by atoms with E-state index in [1.54, 1.807) is 18.2 Å². The van der Waals surface area contributed by atoms with Crippen LogP contribution in [0.25, 0.3) is 16.7 Å². The minimum Gasteiger partial charge on any atom is -0.506 e. The standard InChI is InChI=1S/C30H28N2O5/c1-17-13-18(2)15-19(14-17)32-27(21-16-31(3)22-10-7-6-9-20(21)22)26(29(34)30(32)35)28(33)25-23(36-4)11-8-12-24(25)37-5/h6-16,27,33H,1-5H3/b28-26+. The Kier molecular flexibility index (Phi) is 5.99. The van der Waals surface area contributed by atoms with Gasteiger partial charge >= 0.3 is 0 Å². The molecule has 7 heteroatoms. The predicted molar refractivity (Wildman–Crippen MR) is 143 cm³/mol. The molecule has 4 aromatic rings. The number of aliphatic hydroxyl groups excluding tert-OH is 1. The highest BCUT2D eigenvalue weighted by molar-refractivity contribution is 6.52. The second-order valence-corrected chi connectivity index (χ2v) is 9.27. The smallest absolute Gasteiger partial charge is 0.300 e. The molecule has 188 valence electrons. The summed E-state index contributed by atoms with van der Waals surface area (Å²) in [4.78, 5) is 28.9. The van der Waals surface area contributed by atoms with E-state index in [-0.39, 0.29) is 16.9 Å². The number of ketones is 1. The van der Waals surface area contributed by atoms with Gasteiger partial charge in [-0.3, -0.25) is 14.5 Å². The largest absolute Gasteiger partial charge is 0.506 e. The third-order valence-corrected chi connectivity index (χ3v) is 6.82. The molecule has 1 aliphatic heterocycles. The summed E-state index contributed by atoms with van der Waals surface area (Å²) in [5, 5.41) is 12.6. The fourth-order valence-corrected chi connectivity index (χ4v) is 5.29. The molecule has 37 heavy (non-hydrogen) atoms. The van der Waals surface area contributed by atoms with Crippen LogP contribution in [0.1, 0.15) is 28.3 Å². The zero-order chi connectivity index (χ0) is 26.4. The zero-order valence-corrected chi connectivity index (χ0v) is 21.4. The van der Waals surface area contributed by atoms with Gasteiger partial charge in [0, 0.05) is 35.4 Å². The molecular weight excluding hydrogens is 468 g/mol. The number of fused-ring (bicyclic) bond motifs is 1. The van der Waals surface area contributed by atoms with Crippen LogP contribution in [-0.2, 0) is 16.6 Å². The minimum atomic E-state index is -0.873. The van der Waals surface area contributed by atoms with E-state index < -0.39 is 17.7 Å². The van der Waals surface area contributed by atoms with Gasteiger partial charge in [-0.25, -0.2) is 0 Å². The van der Waals surface area contributed by atoms with Crippen molar-refractivity contribution in [3.8, 4) is 11.5 Å². The molecule has 1 unspecified atom stereocenters. The summed E-state index contributed by atoms with van der Waals surface area (Å²) in [5.41, 5.74) is 4.37. The number of benzene rings is 3.